The van der Waals surface area contributed by atoms with E-state index >= 15 is 0 Å². The van der Waals surface area contributed by atoms with Gasteiger partial charge in [0, 0.05) is 36.3 Å². The minimum atomic E-state index is 0.132. The molecule has 3 rings (SSSR count). The lowest BCUT2D eigenvalue weighted by atomic mass is 9.79. The van der Waals surface area contributed by atoms with Crippen LogP contribution in [-0.4, -0.2) is 30.3 Å². The van der Waals surface area contributed by atoms with E-state index in [2.05, 4.69) is 61.5 Å². The first-order chi connectivity index (χ1) is 11.0. The molecule has 23 heavy (non-hydrogen) atoms. The average Bonchev–Trinajstić information content (AvgIpc) is 3.12. The topological polar surface area (TPSA) is 37.0 Å². The van der Waals surface area contributed by atoms with Crippen LogP contribution in [-0.2, 0) is 10.2 Å². The van der Waals surface area contributed by atoms with E-state index in [0.717, 1.165) is 6.42 Å². The number of fused-ring (bicyclic) bond motifs is 1. The fourth-order valence-corrected chi connectivity index (χ4v) is 4.33. The van der Waals surface area contributed by atoms with Gasteiger partial charge < -0.3 is 15.0 Å². The lowest BCUT2D eigenvalue weighted by Gasteiger charge is -2.31. The lowest BCUT2D eigenvalue weighted by Crippen LogP contribution is -2.44. The van der Waals surface area contributed by atoms with E-state index in [0.29, 0.717) is 18.2 Å². The summed E-state index contributed by atoms with van der Waals surface area (Å²) in [6.07, 6.45) is 7.37. The Hall–Kier alpha value is -1.32. The summed E-state index contributed by atoms with van der Waals surface area (Å²) in [6.45, 7) is 7.01. The molecular formula is C20H30N2O. The van der Waals surface area contributed by atoms with Crippen LogP contribution in [0.4, 0.5) is 0 Å². The SMILES string of the molecule is CO[C@@H]1CCC[C@H]1N[C@@H](C)CC(C)(C)c1c[nH]c2ccccc12. The minimum Gasteiger partial charge on any atom is -0.380 e. The van der Waals surface area contributed by atoms with Crippen molar-refractivity contribution in [3.8, 4) is 0 Å². The summed E-state index contributed by atoms with van der Waals surface area (Å²) < 4.78 is 5.62. The Balaban J connectivity index is 1.70. The van der Waals surface area contributed by atoms with Gasteiger partial charge >= 0.3 is 0 Å². The Morgan fingerprint density at radius 3 is 2.87 bits per heavy atom. The number of benzene rings is 1. The molecule has 3 atom stereocenters. The van der Waals surface area contributed by atoms with E-state index in [1.54, 1.807) is 0 Å². The predicted molar refractivity (Wildman–Crippen MR) is 97.0 cm³/mol. The van der Waals surface area contributed by atoms with Gasteiger partial charge in [0.05, 0.1) is 6.10 Å². The standard InChI is InChI=1S/C20H30N2O/c1-14(22-18-10-7-11-19(18)23-4)12-20(2,3)16-13-21-17-9-6-5-8-15(16)17/h5-6,8-9,13-14,18-19,21-22H,7,10-12H2,1-4H3/t14-,18+,19+/m0/s1. The molecule has 2 N–H and O–H groups in total. The third-order valence-corrected chi connectivity index (χ3v) is 5.39. The molecule has 1 heterocycles. The van der Waals surface area contributed by atoms with Crippen molar-refractivity contribution in [2.45, 2.75) is 70.1 Å². The molecule has 1 saturated carbocycles. The summed E-state index contributed by atoms with van der Waals surface area (Å²) in [5.74, 6) is 0. The number of aromatic nitrogens is 1. The zero-order chi connectivity index (χ0) is 16.4. The molecule has 0 saturated heterocycles. The number of aromatic amines is 1. The normalized spacial score (nSPS) is 23.5. The first kappa shape index (κ1) is 16.5. The summed E-state index contributed by atoms with van der Waals surface area (Å²) in [7, 11) is 1.84. The first-order valence-electron chi connectivity index (χ1n) is 8.86. The predicted octanol–water partition coefficient (Wildman–Crippen LogP) is 4.38. The molecule has 1 aromatic carbocycles. The summed E-state index contributed by atoms with van der Waals surface area (Å²) in [4.78, 5) is 3.42. The van der Waals surface area contributed by atoms with Crippen LogP contribution in [0.2, 0.25) is 0 Å². The minimum absolute atomic E-state index is 0.132. The van der Waals surface area contributed by atoms with Crippen molar-refractivity contribution in [3.63, 3.8) is 0 Å². The van der Waals surface area contributed by atoms with Crippen LogP contribution >= 0.6 is 0 Å². The monoisotopic (exact) mass is 314 g/mol. The Labute approximate surface area is 139 Å². The molecule has 0 spiro atoms. The molecule has 1 fully saturated rings. The number of methoxy groups -OCH3 is 1. The number of rotatable bonds is 6. The van der Waals surface area contributed by atoms with E-state index in [1.807, 2.05) is 7.11 Å². The number of hydrogen-bond acceptors (Lipinski definition) is 2. The molecule has 126 valence electrons. The molecule has 3 heteroatoms. The van der Waals surface area contributed by atoms with Gasteiger partial charge in [0.2, 0.25) is 0 Å². The van der Waals surface area contributed by atoms with Crippen molar-refractivity contribution in [1.29, 1.82) is 0 Å². The van der Waals surface area contributed by atoms with Crippen molar-refractivity contribution in [2.75, 3.05) is 7.11 Å². The van der Waals surface area contributed by atoms with Crippen molar-refractivity contribution in [3.05, 3.63) is 36.0 Å². The Kier molecular flexibility index (Phi) is 4.79. The second-order valence-electron chi connectivity index (χ2n) is 7.72. The molecule has 0 aliphatic heterocycles. The quantitative estimate of drug-likeness (QED) is 0.830. The number of nitrogens with one attached hydrogen (secondary N) is 2. The number of hydrogen-bond donors (Lipinski definition) is 2. The fourth-order valence-electron chi connectivity index (χ4n) is 4.33. The van der Waals surface area contributed by atoms with Crippen molar-refractivity contribution in [1.82, 2.24) is 10.3 Å². The highest BCUT2D eigenvalue weighted by molar-refractivity contribution is 5.84. The zero-order valence-corrected chi connectivity index (χ0v) is 14.9. The van der Waals surface area contributed by atoms with E-state index in [9.17, 15) is 0 Å². The molecule has 3 nitrogen and oxygen atoms in total. The van der Waals surface area contributed by atoms with Gasteiger partial charge in [-0.2, -0.15) is 0 Å². The van der Waals surface area contributed by atoms with Gasteiger partial charge in [-0.1, -0.05) is 32.0 Å². The number of ether oxygens (including phenoxy) is 1. The molecule has 0 unspecified atom stereocenters. The summed E-state index contributed by atoms with van der Waals surface area (Å²) >= 11 is 0. The second-order valence-corrected chi connectivity index (χ2v) is 7.72. The smallest absolute Gasteiger partial charge is 0.0724 e. The third kappa shape index (κ3) is 3.46. The van der Waals surface area contributed by atoms with Crippen LogP contribution in [0.3, 0.4) is 0 Å². The van der Waals surface area contributed by atoms with Gasteiger partial charge in [0.15, 0.2) is 0 Å². The first-order valence-corrected chi connectivity index (χ1v) is 8.86. The fraction of sp³-hybridized carbons (Fsp3) is 0.600. The Bertz CT molecular complexity index is 646. The van der Waals surface area contributed by atoms with Gasteiger partial charge in [-0.3, -0.25) is 0 Å². The molecule has 0 amide bonds. The van der Waals surface area contributed by atoms with Crippen LogP contribution in [0.1, 0.15) is 52.0 Å². The Morgan fingerprint density at radius 1 is 1.30 bits per heavy atom. The highest BCUT2D eigenvalue weighted by Crippen LogP contribution is 2.34. The van der Waals surface area contributed by atoms with Crippen LogP contribution in [0.25, 0.3) is 10.9 Å². The van der Waals surface area contributed by atoms with Crippen molar-refractivity contribution >= 4 is 10.9 Å². The molecule has 0 radical (unpaired) electrons. The van der Waals surface area contributed by atoms with E-state index in [4.69, 9.17) is 4.74 Å². The summed E-state index contributed by atoms with van der Waals surface area (Å²) in [5.41, 5.74) is 2.77. The van der Waals surface area contributed by atoms with Gasteiger partial charge in [-0.05, 0) is 49.7 Å². The Morgan fingerprint density at radius 2 is 2.09 bits per heavy atom. The zero-order valence-electron chi connectivity index (χ0n) is 14.9. The van der Waals surface area contributed by atoms with E-state index in [-0.39, 0.29) is 5.41 Å². The van der Waals surface area contributed by atoms with Crippen LogP contribution in [0.5, 0.6) is 0 Å². The summed E-state index contributed by atoms with van der Waals surface area (Å²) in [5, 5.41) is 5.16. The van der Waals surface area contributed by atoms with Gasteiger partial charge in [-0.15, -0.1) is 0 Å². The van der Waals surface area contributed by atoms with Gasteiger partial charge in [0.25, 0.3) is 0 Å². The van der Waals surface area contributed by atoms with E-state index in [1.165, 1.54) is 35.7 Å². The van der Waals surface area contributed by atoms with Crippen LogP contribution in [0.15, 0.2) is 30.5 Å². The largest absolute Gasteiger partial charge is 0.380 e. The molecule has 0 bridgehead atoms. The molecule has 2 aromatic rings. The highest BCUT2D eigenvalue weighted by atomic mass is 16.5. The molecule has 1 aliphatic carbocycles. The van der Waals surface area contributed by atoms with Crippen LogP contribution < -0.4 is 5.32 Å². The molecule has 1 aliphatic rings. The third-order valence-electron chi connectivity index (χ3n) is 5.39. The average molecular weight is 314 g/mol. The van der Waals surface area contributed by atoms with Crippen molar-refractivity contribution < 1.29 is 4.74 Å². The lowest BCUT2D eigenvalue weighted by molar-refractivity contribution is 0.0806. The van der Waals surface area contributed by atoms with Crippen LogP contribution in [0, 0.1) is 0 Å². The van der Waals surface area contributed by atoms with Gasteiger partial charge in [0.1, 0.15) is 0 Å². The highest BCUT2D eigenvalue weighted by Gasteiger charge is 2.31. The van der Waals surface area contributed by atoms with Crippen molar-refractivity contribution in [2.24, 2.45) is 0 Å². The van der Waals surface area contributed by atoms with E-state index < -0.39 is 0 Å². The molecule has 1 aromatic heterocycles. The number of para-hydroxylation sites is 1. The maximum atomic E-state index is 5.62. The number of H-pyrrole nitrogens is 1. The van der Waals surface area contributed by atoms with Gasteiger partial charge in [-0.25, -0.2) is 0 Å². The maximum absolute atomic E-state index is 5.62. The maximum Gasteiger partial charge on any atom is 0.0724 e. The second kappa shape index (κ2) is 6.66. The molecular weight excluding hydrogens is 284 g/mol. The summed E-state index contributed by atoms with van der Waals surface area (Å²) in [6, 6.07) is 9.56.